The summed E-state index contributed by atoms with van der Waals surface area (Å²) in [5.74, 6) is 0. The Bertz CT molecular complexity index is 87.3. The van der Waals surface area contributed by atoms with Crippen LogP contribution in [0.5, 0.6) is 0 Å². The van der Waals surface area contributed by atoms with Gasteiger partial charge in [-0.15, -0.1) is 0 Å². The van der Waals surface area contributed by atoms with E-state index in [1.807, 2.05) is 0 Å². The summed E-state index contributed by atoms with van der Waals surface area (Å²) in [6.07, 6.45) is 2.60. The third kappa shape index (κ3) is 1.96. The molecule has 1 saturated heterocycles. The van der Waals surface area contributed by atoms with Crippen LogP contribution in [0.4, 0.5) is 0 Å². The summed E-state index contributed by atoms with van der Waals surface area (Å²) in [4.78, 5) is 2.46. The first kappa shape index (κ1) is 8.02. The molecule has 2 heteroatoms. The lowest BCUT2D eigenvalue weighted by Crippen LogP contribution is -2.33. The van der Waals surface area contributed by atoms with E-state index in [1.165, 1.54) is 32.5 Å². The molecule has 2 nitrogen and oxygen atoms in total. The summed E-state index contributed by atoms with van der Waals surface area (Å²) < 4.78 is 0. The molecular formula is C8H18N2. The first-order chi connectivity index (χ1) is 4.84. The molecule has 0 saturated carbocycles. The van der Waals surface area contributed by atoms with Crippen molar-refractivity contribution >= 4 is 0 Å². The van der Waals surface area contributed by atoms with Crippen molar-refractivity contribution in [1.29, 1.82) is 0 Å². The summed E-state index contributed by atoms with van der Waals surface area (Å²) in [7, 11) is 2.22. The van der Waals surface area contributed by atoms with Crippen LogP contribution in [0, 0.1) is 0 Å². The predicted molar refractivity (Wildman–Crippen MR) is 44.2 cm³/mol. The van der Waals surface area contributed by atoms with Crippen molar-refractivity contribution < 1.29 is 0 Å². The van der Waals surface area contributed by atoms with E-state index < -0.39 is 0 Å². The fourth-order valence-electron chi connectivity index (χ4n) is 1.55. The molecule has 0 amide bonds. The van der Waals surface area contributed by atoms with Crippen molar-refractivity contribution in [2.45, 2.75) is 25.8 Å². The summed E-state index contributed by atoms with van der Waals surface area (Å²) in [5, 5.41) is 3.37. The summed E-state index contributed by atoms with van der Waals surface area (Å²) in [6, 6.07) is 0.806. The molecule has 60 valence electrons. The van der Waals surface area contributed by atoms with Crippen molar-refractivity contribution in [3.8, 4) is 0 Å². The third-order valence-corrected chi connectivity index (χ3v) is 2.23. The van der Waals surface area contributed by atoms with Crippen molar-refractivity contribution in [3.05, 3.63) is 0 Å². The van der Waals surface area contributed by atoms with Crippen LogP contribution >= 0.6 is 0 Å². The van der Waals surface area contributed by atoms with Gasteiger partial charge in [-0.1, -0.05) is 6.92 Å². The summed E-state index contributed by atoms with van der Waals surface area (Å²) >= 11 is 0. The highest BCUT2D eigenvalue weighted by atomic mass is 15.2. The molecule has 1 aliphatic rings. The highest BCUT2D eigenvalue weighted by Crippen LogP contribution is 2.05. The minimum atomic E-state index is 0.806. The number of rotatable bonds is 3. The Morgan fingerprint density at radius 3 is 2.90 bits per heavy atom. The van der Waals surface area contributed by atoms with Crippen LogP contribution in [0.25, 0.3) is 0 Å². The van der Waals surface area contributed by atoms with Gasteiger partial charge >= 0.3 is 0 Å². The van der Waals surface area contributed by atoms with Crippen LogP contribution in [-0.4, -0.2) is 37.6 Å². The molecule has 1 rings (SSSR count). The molecule has 0 aromatic heterocycles. The van der Waals surface area contributed by atoms with Gasteiger partial charge in [-0.3, -0.25) is 0 Å². The second kappa shape index (κ2) is 3.94. The van der Waals surface area contributed by atoms with Gasteiger partial charge in [0.25, 0.3) is 0 Å². The number of nitrogens with zero attached hydrogens (tertiary/aromatic N) is 1. The smallest absolute Gasteiger partial charge is 0.0229 e. The maximum Gasteiger partial charge on any atom is 0.0229 e. The number of hydrogen-bond donors (Lipinski definition) is 1. The molecule has 0 radical (unpaired) electrons. The van der Waals surface area contributed by atoms with Crippen LogP contribution < -0.4 is 5.32 Å². The molecule has 0 aromatic rings. The monoisotopic (exact) mass is 142 g/mol. The lowest BCUT2D eigenvalue weighted by Gasteiger charge is -2.22. The van der Waals surface area contributed by atoms with Crippen LogP contribution in [0.2, 0.25) is 0 Å². The first-order valence-electron chi connectivity index (χ1n) is 4.25. The average Bonchev–Trinajstić information content (AvgIpc) is 2.38. The molecule has 1 N–H and O–H groups in total. The largest absolute Gasteiger partial charge is 0.315 e. The molecule has 1 fully saturated rings. The summed E-state index contributed by atoms with van der Waals surface area (Å²) in [6.45, 7) is 5.88. The predicted octanol–water partition coefficient (Wildman–Crippen LogP) is 0.690. The van der Waals surface area contributed by atoms with Gasteiger partial charge in [0.2, 0.25) is 0 Å². The van der Waals surface area contributed by atoms with E-state index in [4.69, 9.17) is 0 Å². The van der Waals surface area contributed by atoms with Gasteiger partial charge < -0.3 is 10.2 Å². The van der Waals surface area contributed by atoms with Gasteiger partial charge in [0, 0.05) is 12.6 Å². The standard InChI is InChI=1S/C8H18N2/c1-3-6-10(2)8-4-5-9-7-8/h8-9H,3-7H2,1-2H3/t8-/m0/s1. The van der Waals surface area contributed by atoms with Gasteiger partial charge in [0.1, 0.15) is 0 Å². The minimum absolute atomic E-state index is 0.806. The third-order valence-electron chi connectivity index (χ3n) is 2.23. The van der Waals surface area contributed by atoms with Crippen LogP contribution in [-0.2, 0) is 0 Å². The van der Waals surface area contributed by atoms with Crippen LogP contribution in [0.15, 0.2) is 0 Å². The van der Waals surface area contributed by atoms with Crippen molar-refractivity contribution in [2.75, 3.05) is 26.7 Å². The molecular weight excluding hydrogens is 124 g/mol. The van der Waals surface area contributed by atoms with E-state index in [2.05, 4.69) is 24.2 Å². The number of nitrogens with one attached hydrogen (secondary N) is 1. The van der Waals surface area contributed by atoms with Gasteiger partial charge in [-0.25, -0.2) is 0 Å². The van der Waals surface area contributed by atoms with E-state index in [0.29, 0.717) is 0 Å². The molecule has 0 aromatic carbocycles. The zero-order chi connectivity index (χ0) is 7.40. The zero-order valence-electron chi connectivity index (χ0n) is 7.06. The highest BCUT2D eigenvalue weighted by molar-refractivity contribution is 4.78. The Balaban J connectivity index is 2.18. The molecule has 0 aliphatic carbocycles. The van der Waals surface area contributed by atoms with E-state index in [-0.39, 0.29) is 0 Å². The molecule has 1 heterocycles. The fourth-order valence-corrected chi connectivity index (χ4v) is 1.55. The molecule has 0 spiro atoms. The minimum Gasteiger partial charge on any atom is -0.315 e. The van der Waals surface area contributed by atoms with Gasteiger partial charge in [0.15, 0.2) is 0 Å². The van der Waals surface area contributed by atoms with Crippen molar-refractivity contribution in [2.24, 2.45) is 0 Å². The topological polar surface area (TPSA) is 15.3 Å². The average molecular weight is 142 g/mol. The van der Waals surface area contributed by atoms with Crippen molar-refractivity contribution in [3.63, 3.8) is 0 Å². The van der Waals surface area contributed by atoms with Crippen LogP contribution in [0.3, 0.4) is 0 Å². The van der Waals surface area contributed by atoms with Crippen molar-refractivity contribution in [1.82, 2.24) is 10.2 Å². The summed E-state index contributed by atoms with van der Waals surface area (Å²) in [5.41, 5.74) is 0. The van der Waals surface area contributed by atoms with Gasteiger partial charge in [-0.05, 0) is 33.0 Å². The normalized spacial score (nSPS) is 26.1. The van der Waals surface area contributed by atoms with Gasteiger partial charge in [-0.2, -0.15) is 0 Å². The lowest BCUT2D eigenvalue weighted by atomic mass is 10.2. The molecule has 0 unspecified atom stereocenters. The Morgan fingerprint density at radius 1 is 1.60 bits per heavy atom. The Hall–Kier alpha value is -0.0800. The maximum atomic E-state index is 3.37. The van der Waals surface area contributed by atoms with E-state index >= 15 is 0 Å². The van der Waals surface area contributed by atoms with E-state index in [1.54, 1.807) is 0 Å². The second-order valence-corrected chi connectivity index (χ2v) is 3.13. The SMILES string of the molecule is CCCN(C)[C@H]1CCNC1. The Labute approximate surface area is 63.6 Å². The van der Waals surface area contributed by atoms with Gasteiger partial charge in [0.05, 0.1) is 0 Å². The number of likely N-dealkylation sites (N-methyl/N-ethyl adjacent to an activating group) is 1. The Kier molecular flexibility index (Phi) is 3.16. The molecule has 0 bridgehead atoms. The van der Waals surface area contributed by atoms with E-state index in [0.717, 1.165) is 6.04 Å². The highest BCUT2D eigenvalue weighted by Gasteiger charge is 2.17. The molecule has 10 heavy (non-hydrogen) atoms. The Morgan fingerprint density at radius 2 is 2.40 bits per heavy atom. The lowest BCUT2D eigenvalue weighted by molar-refractivity contribution is 0.258. The van der Waals surface area contributed by atoms with Crippen LogP contribution in [0.1, 0.15) is 19.8 Å². The molecule has 1 atom stereocenters. The second-order valence-electron chi connectivity index (χ2n) is 3.13. The fraction of sp³-hybridized carbons (Fsp3) is 1.00. The number of hydrogen-bond acceptors (Lipinski definition) is 2. The molecule has 1 aliphatic heterocycles. The van der Waals surface area contributed by atoms with E-state index in [9.17, 15) is 0 Å². The maximum absolute atomic E-state index is 3.37. The zero-order valence-corrected chi connectivity index (χ0v) is 7.06. The quantitative estimate of drug-likeness (QED) is 0.623. The first-order valence-corrected chi connectivity index (χ1v) is 4.25.